The number of carbonyl (C=O) groups excluding carboxylic acids is 4. The van der Waals surface area contributed by atoms with E-state index in [9.17, 15) is 19.2 Å². The van der Waals surface area contributed by atoms with Crippen LogP contribution in [0.1, 0.15) is 106 Å². The second-order valence-electron chi connectivity index (χ2n) is 11.9. The third kappa shape index (κ3) is 16.8. The zero-order chi connectivity index (χ0) is 35.9. The number of unbranched alkanes of at least 4 members (excludes halogenated alkanes) is 6. The molecule has 0 aliphatic heterocycles. The Morgan fingerprint density at radius 2 is 1.00 bits per heavy atom. The molecule has 270 valence electrons. The van der Waals surface area contributed by atoms with Crippen LogP contribution in [-0.4, -0.2) is 63.5 Å². The molecule has 0 N–H and O–H groups in total. The lowest BCUT2D eigenvalue weighted by molar-refractivity contribution is -0.170. The first-order chi connectivity index (χ1) is 23.7. The molecule has 10 heteroatoms. The van der Waals surface area contributed by atoms with E-state index in [1.54, 1.807) is 48.5 Å². The van der Waals surface area contributed by atoms with Gasteiger partial charge in [-0.1, -0.05) is 119 Å². The first kappa shape index (κ1) is 41.2. The van der Waals surface area contributed by atoms with Crippen LogP contribution in [0, 0.1) is 13.8 Å². The Labute approximate surface area is 291 Å². The molecule has 0 amide bonds. The lowest BCUT2D eigenvalue weighted by Gasteiger charge is -2.19. The fourth-order valence-electron chi connectivity index (χ4n) is 4.62. The largest absolute Gasteiger partial charge is 0.460 e. The van der Waals surface area contributed by atoms with Gasteiger partial charge in [0.25, 0.3) is 0 Å². The highest BCUT2D eigenvalue weighted by Gasteiger charge is 2.30. The number of rotatable bonds is 25. The summed E-state index contributed by atoms with van der Waals surface area (Å²) in [6, 6.07) is 13.8. The Morgan fingerprint density at radius 3 is 1.43 bits per heavy atom. The molecular weight excluding hydrogens is 628 g/mol. The number of benzene rings is 2. The molecule has 0 radical (unpaired) electrons. The summed E-state index contributed by atoms with van der Waals surface area (Å²) in [6.07, 6.45) is 5.19. The Bertz CT molecular complexity index is 1290. The molecule has 0 spiro atoms. The number of ether oxygens (including phenoxy) is 6. The van der Waals surface area contributed by atoms with E-state index in [1.807, 2.05) is 13.8 Å². The molecular formula is C39H54O10. The Kier molecular flexibility index (Phi) is 20.3. The van der Waals surface area contributed by atoms with Crippen LogP contribution in [0.25, 0.3) is 0 Å². The van der Waals surface area contributed by atoms with Gasteiger partial charge in [-0.15, -0.1) is 0 Å². The molecule has 0 aliphatic carbocycles. The Balaban J connectivity index is 1.98. The average Bonchev–Trinajstić information content (AvgIpc) is 3.09. The molecule has 0 fully saturated rings. The van der Waals surface area contributed by atoms with Crippen molar-refractivity contribution in [2.75, 3.05) is 39.6 Å². The van der Waals surface area contributed by atoms with Crippen molar-refractivity contribution in [3.05, 3.63) is 82.9 Å². The molecule has 0 aromatic heterocycles. The SMILES string of the molecule is C=C(CC(=O)OC(C(=O)OCCOCCCCCC)c1ccc(C)cc1)C(=O)OC(C(=O)OCCOCCCCCC)c1ccc(C)cc1. The summed E-state index contributed by atoms with van der Waals surface area (Å²) in [5.41, 5.74) is 2.43. The van der Waals surface area contributed by atoms with E-state index < -0.39 is 42.5 Å². The normalized spacial score (nSPS) is 12.1. The second-order valence-corrected chi connectivity index (χ2v) is 11.9. The maximum Gasteiger partial charge on any atom is 0.352 e. The van der Waals surface area contributed by atoms with E-state index in [-0.39, 0.29) is 32.0 Å². The Hall–Kier alpha value is -4.02. The van der Waals surface area contributed by atoms with Crippen molar-refractivity contribution >= 4 is 23.9 Å². The zero-order valence-electron chi connectivity index (χ0n) is 29.7. The lowest BCUT2D eigenvalue weighted by atomic mass is 10.1. The minimum atomic E-state index is -1.39. The van der Waals surface area contributed by atoms with Gasteiger partial charge in [0.1, 0.15) is 13.2 Å². The first-order valence-electron chi connectivity index (χ1n) is 17.4. The summed E-state index contributed by atoms with van der Waals surface area (Å²) in [5, 5.41) is 0. The zero-order valence-corrected chi connectivity index (χ0v) is 29.7. The van der Waals surface area contributed by atoms with Gasteiger partial charge in [-0.25, -0.2) is 14.4 Å². The predicted octanol–water partition coefficient (Wildman–Crippen LogP) is 7.40. The highest BCUT2D eigenvalue weighted by molar-refractivity contribution is 5.95. The number of carbonyl (C=O) groups is 4. The van der Waals surface area contributed by atoms with Crippen molar-refractivity contribution in [1.29, 1.82) is 0 Å². The van der Waals surface area contributed by atoms with E-state index in [4.69, 9.17) is 28.4 Å². The number of hydrogen-bond acceptors (Lipinski definition) is 10. The van der Waals surface area contributed by atoms with Crippen LogP contribution >= 0.6 is 0 Å². The summed E-state index contributed by atoms with van der Waals surface area (Å²) in [6.45, 7) is 13.3. The highest BCUT2D eigenvalue weighted by atomic mass is 16.6. The number of aryl methyl sites for hydroxylation is 2. The van der Waals surface area contributed by atoms with Crippen LogP contribution in [0.4, 0.5) is 0 Å². The summed E-state index contributed by atoms with van der Waals surface area (Å²) < 4.78 is 32.8. The fraction of sp³-hybridized carbons (Fsp3) is 0.538. The van der Waals surface area contributed by atoms with Gasteiger partial charge < -0.3 is 28.4 Å². The van der Waals surface area contributed by atoms with Crippen LogP contribution in [0.3, 0.4) is 0 Å². The molecule has 0 saturated heterocycles. The molecule has 2 unspecified atom stereocenters. The predicted molar refractivity (Wildman–Crippen MR) is 186 cm³/mol. The van der Waals surface area contributed by atoms with E-state index in [0.29, 0.717) is 24.3 Å². The van der Waals surface area contributed by atoms with Crippen molar-refractivity contribution < 1.29 is 47.6 Å². The minimum absolute atomic E-state index is 0.00681. The van der Waals surface area contributed by atoms with Crippen LogP contribution < -0.4 is 0 Å². The molecule has 2 rings (SSSR count). The third-order valence-corrected chi connectivity index (χ3v) is 7.54. The van der Waals surface area contributed by atoms with Gasteiger partial charge in [-0.05, 0) is 26.7 Å². The number of hydrogen-bond donors (Lipinski definition) is 0. The molecule has 10 nitrogen and oxygen atoms in total. The van der Waals surface area contributed by atoms with E-state index in [0.717, 1.165) is 62.5 Å². The topological polar surface area (TPSA) is 124 Å². The van der Waals surface area contributed by atoms with Gasteiger partial charge >= 0.3 is 23.9 Å². The van der Waals surface area contributed by atoms with Crippen molar-refractivity contribution in [3.63, 3.8) is 0 Å². The van der Waals surface area contributed by atoms with Crippen LogP contribution in [-0.2, 0) is 47.6 Å². The Morgan fingerprint density at radius 1 is 0.571 bits per heavy atom. The van der Waals surface area contributed by atoms with E-state index >= 15 is 0 Å². The van der Waals surface area contributed by atoms with Crippen molar-refractivity contribution in [2.24, 2.45) is 0 Å². The minimum Gasteiger partial charge on any atom is -0.460 e. The fourth-order valence-corrected chi connectivity index (χ4v) is 4.62. The summed E-state index contributed by atoms with van der Waals surface area (Å²) in [4.78, 5) is 52.1. The molecule has 2 aromatic carbocycles. The van der Waals surface area contributed by atoms with Gasteiger partial charge in [0, 0.05) is 29.9 Å². The summed E-state index contributed by atoms with van der Waals surface area (Å²) >= 11 is 0. The molecule has 0 saturated carbocycles. The van der Waals surface area contributed by atoms with Gasteiger partial charge in [-0.3, -0.25) is 4.79 Å². The third-order valence-electron chi connectivity index (χ3n) is 7.54. The molecule has 0 bridgehead atoms. The lowest BCUT2D eigenvalue weighted by Crippen LogP contribution is -2.26. The van der Waals surface area contributed by atoms with Gasteiger partial charge in [0.2, 0.25) is 12.2 Å². The summed E-state index contributed by atoms with van der Waals surface area (Å²) in [5.74, 6) is -3.44. The van der Waals surface area contributed by atoms with Crippen molar-refractivity contribution in [3.8, 4) is 0 Å². The van der Waals surface area contributed by atoms with Crippen molar-refractivity contribution in [1.82, 2.24) is 0 Å². The van der Waals surface area contributed by atoms with Crippen molar-refractivity contribution in [2.45, 2.75) is 97.7 Å². The molecule has 0 aliphatic rings. The first-order valence-corrected chi connectivity index (χ1v) is 17.4. The van der Waals surface area contributed by atoms with Gasteiger partial charge in [-0.2, -0.15) is 0 Å². The van der Waals surface area contributed by atoms with Gasteiger partial charge in [0.05, 0.1) is 19.6 Å². The standard InChI is InChI=1S/C39H54O10/c1-6-8-10-12-22-44-24-26-46-38(42)35(32-18-14-29(3)15-19-32)48-34(40)28-31(5)37(41)49-36(33-20-16-30(4)17-21-33)39(43)47-27-25-45-23-13-11-9-7-2/h14-21,35-36H,5-13,22-28H2,1-4H3. The number of esters is 4. The smallest absolute Gasteiger partial charge is 0.352 e. The van der Waals surface area contributed by atoms with E-state index in [1.165, 1.54) is 0 Å². The molecule has 0 heterocycles. The van der Waals surface area contributed by atoms with Gasteiger partial charge in [0.15, 0.2) is 0 Å². The highest BCUT2D eigenvalue weighted by Crippen LogP contribution is 2.24. The molecule has 2 atom stereocenters. The van der Waals surface area contributed by atoms with Crippen LogP contribution in [0.5, 0.6) is 0 Å². The second kappa shape index (κ2) is 24.2. The van der Waals surface area contributed by atoms with E-state index in [2.05, 4.69) is 20.4 Å². The van der Waals surface area contributed by atoms with Crippen LogP contribution in [0.2, 0.25) is 0 Å². The maximum atomic E-state index is 13.1. The van der Waals surface area contributed by atoms with Crippen LogP contribution in [0.15, 0.2) is 60.7 Å². The average molecular weight is 683 g/mol. The maximum absolute atomic E-state index is 13.1. The molecule has 2 aromatic rings. The summed E-state index contributed by atoms with van der Waals surface area (Å²) in [7, 11) is 0. The monoisotopic (exact) mass is 682 g/mol. The molecule has 49 heavy (non-hydrogen) atoms. The quantitative estimate of drug-likeness (QED) is 0.0453.